The van der Waals surface area contributed by atoms with Gasteiger partial charge in [-0.05, 0) is 17.9 Å². The summed E-state index contributed by atoms with van der Waals surface area (Å²) in [6.07, 6.45) is 6.63. The van der Waals surface area contributed by atoms with E-state index in [9.17, 15) is 14.4 Å². The number of rotatable bonds is 2. The maximum Gasteiger partial charge on any atom is 0.336 e. The smallest absolute Gasteiger partial charge is 0.336 e. The van der Waals surface area contributed by atoms with Crippen molar-refractivity contribution in [2.75, 3.05) is 0 Å². The summed E-state index contributed by atoms with van der Waals surface area (Å²) >= 11 is 0. The average Bonchev–Trinajstić information content (AvgIpc) is 2.38. The molecule has 2 amide bonds. The molecule has 0 bridgehead atoms. The van der Waals surface area contributed by atoms with Gasteiger partial charge in [-0.15, -0.1) is 0 Å². The summed E-state index contributed by atoms with van der Waals surface area (Å²) in [7, 11) is 0. The van der Waals surface area contributed by atoms with Crippen molar-refractivity contribution in [2.45, 2.75) is 44.9 Å². The highest BCUT2D eigenvalue weighted by atomic mass is 16.4. The fraction of sp³-hybridized carbons (Fsp3) is 0.533. The zero-order chi connectivity index (χ0) is 14.1. The van der Waals surface area contributed by atoms with Gasteiger partial charge in [0.15, 0.2) is 0 Å². The van der Waals surface area contributed by atoms with Crippen LogP contribution >= 0.6 is 0 Å². The van der Waals surface area contributed by atoms with Crippen molar-refractivity contribution >= 4 is 11.8 Å². The minimum atomic E-state index is -0.475. The standard InChI is InChI=1S/C15H17NO4/c17-12-8-11-14(15(19)16-12)10(7-13(18)20-11)6-9-4-2-1-3-5-9/h7,9H,1-6,8H2,(H,16,17,19). The molecular weight excluding hydrogens is 258 g/mol. The maximum absolute atomic E-state index is 12.0. The van der Waals surface area contributed by atoms with Crippen LogP contribution in [0.2, 0.25) is 0 Å². The van der Waals surface area contributed by atoms with E-state index in [4.69, 9.17) is 4.42 Å². The lowest BCUT2D eigenvalue weighted by Gasteiger charge is -2.23. The summed E-state index contributed by atoms with van der Waals surface area (Å²) < 4.78 is 5.03. The Morgan fingerprint density at radius 2 is 1.90 bits per heavy atom. The summed E-state index contributed by atoms with van der Waals surface area (Å²) in [6, 6.07) is 1.41. The normalized spacial score (nSPS) is 19.6. The SMILES string of the molecule is O=C1Cc2oc(=O)cc(CC3CCCCC3)c2C(=O)N1. The second-order valence-corrected chi connectivity index (χ2v) is 5.65. The predicted octanol–water partition coefficient (Wildman–Crippen LogP) is 1.58. The van der Waals surface area contributed by atoms with Crippen LogP contribution in [-0.2, 0) is 17.6 Å². The number of hydrogen-bond acceptors (Lipinski definition) is 4. The Bertz CT molecular complexity index is 611. The van der Waals surface area contributed by atoms with Gasteiger partial charge in [-0.25, -0.2) is 4.79 Å². The van der Waals surface area contributed by atoms with Gasteiger partial charge in [-0.1, -0.05) is 32.1 Å². The Morgan fingerprint density at radius 3 is 2.65 bits per heavy atom. The number of imide groups is 1. The molecule has 2 heterocycles. The van der Waals surface area contributed by atoms with Crippen LogP contribution in [0.1, 0.15) is 53.8 Å². The molecule has 5 heteroatoms. The zero-order valence-electron chi connectivity index (χ0n) is 11.2. The summed E-state index contributed by atoms with van der Waals surface area (Å²) in [5.74, 6) is -0.122. The minimum Gasteiger partial charge on any atom is -0.426 e. The van der Waals surface area contributed by atoms with Crippen molar-refractivity contribution in [1.29, 1.82) is 0 Å². The van der Waals surface area contributed by atoms with Gasteiger partial charge in [0.05, 0.1) is 12.0 Å². The Balaban J connectivity index is 1.96. The largest absolute Gasteiger partial charge is 0.426 e. The molecule has 0 saturated heterocycles. The van der Waals surface area contributed by atoms with Crippen molar-refractivity contribution in [3.63, 3.8) is 0 Å². The van der Waals surface area contributed by atoms with Crippen LogP contribution in [0.5, 0.6) is 0 Å². The molecule has 1 saturated carbocycles. The van der Waals surface area contributed by atoms with Crippen LogP contribution in [-0.4, -0.2) is 11.8 Å². The van der Waals surface area contributed by atoms with E-state index >= 15 is 0 Å². The molecule has 0 aromatic carbocycles. The van der Waals surface area contributed by atoms with Gasteiger partial charge >= 0.3 is 5.63 Å². The van der Waals surface area contributed by atoms with Gasteiger partial charge in [0.1, 0.15) is 5.76 Å². The fourth-order valence-electron chi connectivity index (χ4n) is 3.23. The van der Waals surface area contributed by atoms with Crippen molar-refractivity contribution < 1.29 is 14.0 Å². The monoisotopic (exact) mass is 275 g/mol. The summed E-state index contributed by atoms with van der Waals surface area (Å²) in [5, 5.41) is 2.29. The molecule has 1 aliphatic carbocycles. The highest BCUT2D eigenvalue weighted by Gasteiger charge is 2.29. The van der Waals surface area contributed by atoms with E-state index in [2.05, 4.69) is 5.32 Å². The summed E-state index contributed by atoms with van der Waals surface area (Å²) in [6.45, 7) is 0. The van der Waals surface area contributed by atoms with Gasteiger partial charge < -0.3 is 4.42 Å². The van der Waals surface area contributed by atoms with Gasteiger partial charge in [-0.3, -0.25) is 14.9 Å². The lowest BCUT2D eigenvalue weighted by atomic mass is 9.83. The Morgan fingerprint density at radius 1 is 1.15 bits per heavy atom. The van der Waals surface area contributed by atoms with Crippen LogP contribution in [0.15, 0.2) is 15.3 Å². The highest BCUT2D eigenvalue weighted by molar-refractivity contribution is 6.09. The first kappa shape index (κ1) is 13.1. The molecule has 0 unspecified atom stereocenters. The molecular formula is C15H17NO4. The van der Waals surface area contributed by atoms with Gasteiger partial charge in [0.25, 0.3) is 5.91 Å². The number of carbonyl (C=O) groups is 2. The molecule has 1 N–H and O–H groups in total. The van der Waals surface area contributed by atoms with E-state index in [1.54, 1.807) is 0 Å². The molecule has 1 aromatic heterocycles. The van der Waals surface area contributed by atoms with Crippen LogP contribution in [0.3, 0.4) is 0 Å². The Hall–Kier alpha value is -1.91. The average molecular weight is 275 g/mol. The molecule has 0 spiro atoms. The molecule has 0 atom stereocenters. The first-order valence-electron chi connectivity index (χ1n) is 7.13. The molecule has 0 radical (unpaired) electrons. The number of amides is 2. The molecule has 1 fully saturated rings. The lowest BCUT2D eigenvalue weighted by molar-refractivity contribution is -0.120. The van der Waals surface area contributed by atoms with Crippen LogP contribution in [0.4, 0.5) is 0 Å². The van der Waals surface area contributed by atoms with Crippen LogP contribution < -0.4 is 10.9 Å². The quantitative estimate of drug-likeness (QED) is 0.831. The second-order valence-electron chi connectivity index (χ2n) is 5.65. The third-order valence-corrected chi connectivity index (χ3v) is 4.15. The Kier molecular flexibility index (Phi) is 3.42. The molecule has 1 aromatic rings. The second kappa shape index (κ2) is 5.23. The highest BCUT2D eigenvalue weighted by Crippen LogP contribution is 2.28. The van der Waals surface area contributed by atoms with E-state index in [1.807, 2.05) is 0 Å². The summed E-state index contributed by atoms with van der Waals surface area (Å²) in [5.41, 5.74) is 0.653. The molecule has 3 rings (SSSR count). The van der Waals surface area contributed by atoms with E-state index in [0.717, 1.165) is 24.8 Å². The topological polar surface area (TPSA) is 76.4 Å². The van der Waals surface area contributed by atoms with Crippen molar-refractivity contribution in [2.24, 2.45) is 5.92 Å². The summed E-state index contributed by atoms with van der Waals surface area (Å²) in [4.78, 5) is 34.9. The van der Waals surface area contributed by atoms with E-state index in [-0.39, 0.29) is 12.2 Å². The molecule has 20 heavy (non-hydrogen) atoms. The first-order valence-corrected chi connectivity index (χ1v) is 7.13. The molecule has 1 aliphatic heterocycles. The minimum absolute atomic E-state index is 0.0329. The van der Waals surface area contributed by atoms with Crippen LogP contribution in [0, 0.1) is 5.92 Å². The molecule has 5 nitrogen and oxygen atoms in total. The maximum atomic E-state index is 12.0. The van der Waals surface area contributed by atoms with Crippen LogP contribution in [0.25, 0.3) is 0 Å². The van der Waals surface area contributed by atoms with Gasteiger partial charge in [-0.2, -0.15) is 0 Å². The van der Waals surface area contributed by atoms with Crippen molar-refractivity contribution in [3.8, 4) is 0 Å². The van der Waals surface area contributed by atoms with E-state index in [0.29, 0.717) is 11.5 Å². The van der Waals surface area contributed by atoms with Crippen molar-refractivity contribution in [1.82, 2.24) is 5.32 Å². The number of carbonyl (C=O) groups excluding carboxylic acids is 2. The number of nitrogens with one attached hydrogen (secondary N) is 1. The third kappa shape index (κ3) is 2.53. The predicted molar refractivity (Wildman–Crippen MR) is 71.4 cm³/mol. The van der Waals surface area contributed by atoms with E-state index in [1.165, 1.54) is 25.3 Å². The third-order valence-electron chi connectivity index (χ3n) is 4.15. The Labute approximate surface area is 116 Å². The first-order chi connectivity index (χ1) is 9.63. The molecule has 2 aliphatic rings. The van der Waals surface area contributed by atoms with Gasteiger partial charge in [0.2, 0.25) is 5.91 Å². The van der Waals surface area contributed by atoms with E-state index < -0.39 is 17.4 Å². The number of fused-ring (bicyclic) bond motifs is 1. The van der Waals surface area contributed by atoms with Crippen molar-refractivity contribution in [3.05, 3.63) is 33.4 Å². The zero-order valence-corrected chi connectivity index (χ0v) is 11.2. The number of hydrogen-bond donors (Lipinski definition) is 1. The molecule has 106 valence electrons. The van der Waals surface area contributed by atoms with Gasteiger partial charge in [0, 0.05) is 6.07 Å². The lowest BCUT2D eigenvalue weighted by Crippen LogP contribution is -2.39. The fourth-order valence-corrected chi connectivity index (χ4v) is 3.23.